The Kier molecular flexibility index (Phi) is 5.43. The molecular weight excluding hydrogens is 446 g/mol. The molecule has 0 aliphatic carbocycles. The molecule has 0 radical (unpaired) electrons. The highest BCUT2D eigenvalue weighted by molar-refractivity contribution is 7.18. The van der Waals surface area contributed by atoms with E-state index < -0.39 is 26.3 Å². The van der Waals surface area contributed by atoms with Crippen LogP contribution >= 0.6 is 11.3 Å². The number of β-lactam (4-membered cyclic amide) rings is 1. The first kappa shape index (κ1) is 23.2. The first-order valence-corrected chi connectivity index (χ1v) is 14.6. The molecule has 2 aliphatic rings. The van der Waals surface area contributed by atoms with Crippen molar-refractivity contribution in [2.45, 2.75) is 71.5 Å². The van der Waals surface area contributed by atoms with Crippen molar-refractivity contribution in [2.24, 2.45) is 11.8 Å². The van der Waals surface area contributed by atoms with Crippen molar-refractivity contribution < 1.29 is 24.2 Å². The summed E-state index contributed by atoms with van der Waals surface area (Å²) in [7, 11) is -1.94. The van der Waals surface area contributed by atoms with Crippen molar-refractivity contribution in [3.63, 3.8) is 0 Å². The summed E-state index contributed by atoms with van der Waals surface area (Å²) in [5, 5.41) is 20.1. The molecule has 0 spiro atoms. The Morgan fingerprint density at radius 3 is 2.59 bits per heavy atom. The van der Waals surface area contributed by atoms with Gasteiger partial charge in [0.25, 0.3) is 0 Å². The van der Waals surface area contributed by atoms with Crippen molar-refractivity contribution in [2.75, 3.05) is 0 Å². The fourth-order valence-corrected chi connectivity index (χ4v) is 6.56. The zero-order valence-electron chi connectivity index (χ0n) is 19.5. The van der Waals surface area contributed by atoms with Crippen LogP contribution in [0.25, 0.3) is 10.4 Å². The maximum absolute atomic E-state index is 12.6. The van der Waals surface area contributed by atoms with Crippen LogP contribution in [-0.4, -0.2) is 56.8 Å². The minimum atomic E-state index is -1.94. The number of carboxylic acids is 1. The minimum absolute atomic E-state index is 0.0286. The van der Waals surface area contributed by atoms with Gasteiger partial charge < -0.3 is 19.5 Å². The van der Waals surface area contributed by atoms with Crippen LogP contribution in [0.3, 0.4) is 0 Å². The molecule has 0 bridgehead atoms. The molecule has 10 heteroatoms. The molecule has 0 aromatic carbocycles. The van der Waals surface area contributed by atoms with E-state index in [0.29, 0.717) is 12.2 Å². The van der Waals surface area contributed by atoms with Crippen molar-refractivity contribution in [1.82, 2.24) is 14.3 Å². The highest BCUT2D eigenvalue weighted by atomic mass is 32.1. The SMILES string of the molecule is C[C@@H](O)[C@H]1C(=O)N2C(C(=O)O)=C(c3cn4cnc(CO[Si](C)(C)C(C)(C)C)c4s3)[C@H](C)[C@H]12. The molecule has 0 unspecified atom stereocenters. The molecule has 2 N–H and O–H groups in total. The van der Waals surface area contributed by atoms with Gasteiger partial charge in [0.05, 0.1) is 29.5 Å². The Bertz CT molecular complexity index is 1130. The first-order valence-electron chi connectivity index (χ1n) is 10.8. The average Bonchev–Trinajstić information content (AvgIpc) is 3.29. The normalized spacial score (nSPS) is 24.8. The summed E-state index contributed by atoms with van der Waals surface area (Å²) in [6.45, 7) is 14.9. The van der Waals surface area contributed by atoms with Gasteiger partial charge in [-0.25, -0.2) is 9.78 Å². The van der Waals surface area contributed by atoms with Gasteiger partial charge in [0.2, 0.25) is 5.91 Å². The Morgan fingerprint density at radius 2 is 2.03 bits per heavy atom. The topological polar surface area (TPSA) is 104 Å². The number of hydrogen-bond donors (Lipinski definition) is 2. The van der Waals surface area contributed by atoms with E-state index >= 15 is 0 Å². The van der Waals surface area contributed by atoms with E-state index in [2.05, 4.69) is 38.8 Å². The average molecular weight is 478 g/mol. The number of aliphatic hydroxyl groups is 1. The van der Waals surface area contributed by atoms with E-state index in [1.165, 1.54) is 16.2 Å². The van der Waals surface area contributed by atoms with Gasteiger partial charge in [0, 0.05) is 17.7 Å². The van der Waals surface area contributed by atoms with Crippen LogP contribution in [0.4, 0.5) is 0 Å². The lowest BCUT2D eigenvalue weighted by Gasteiger charge is -2.46. The second kappa shape index (κ2) is 7.51. The van der Waals surface area contributed by atoms with Crippen molar-refractivity contribution in [3.8, 4) is 0 Å². The molecule has 2 aliphatic heterocycles. The maximum Gasteiger partial charge on any atom is 0.352 e. The Morgan fingerprint density at radius 1 is 1.38 bits per heavy atom. The molecule has 1 amide bonds. The smallest absolute Gasteiger partial charge is 0.352 e. The van der Waals surface area contributed by atoms with Gasteiger partial charge in [0.15, 0.2) is 8.32 Å². The van der Waals surface area contributed by atoms with Crippen LogP contribution in [0.5, 0.6) is 0 Å². The highest BCUT2D eigenvalue weighted by Gasteiger charge is 2.60. The largest absolute Gasteiger partial charge is 0.477 e. The number of carbonyl (C=O) groups is 2. The fraction of sp³-hybridized carbons (Fsp3) is 0.591. The molecule has 0 saturated carbocycles. The van der Waals surface area contributed by atoms with Crippen LogP contribution < -0.4 is 0 Å². The maximum atomic E-state index is 12.6. The quantitative estimate of drug-likeness (QED) is 0.487. The lowest BCUT2D eigenvalue weighted by molar-refractivity contribution is -0.163. The lowest BCUT2D eigenvalue weighted by Crippen LogP contribution is -2.63. The Hall–Kier alpha value is -2.01. The van der Waals surface area contributed by atoms with E-state index in [0.717, 1.165) is 15.4 Å². The zero-order valence-corrected chi connectivity index (χ0v) is 21.4. The molecule has 2 aromatic heterocycles. The van der Waals surface area contributed by atoms with Crippen LogP contribution in [0.1, 0.15) is 45.2 Å². The van der Waals surface area contributed by atoms with Crippen LogP contribution in [0.2, 0.25) is 18.1 Å². The summed E-state index contributed by atoms with van der Waals surface area (Å²) in [5.41, 5.74) is 1.50. The Balaban J connectivity index is 1.69. The number of carboxylic acid groups (broad SMARTS) is 1. The van der Waals surface area contributed by atoms with E-state index in [4.69, 9.17) is 4.43 Å². The lowest BCUT2D eigenvalue weighted by atomic mass is 9.77. The molecule has 2 aromatic rings. The number of fused-ring (bicyclic) bond motifs is 2. The van der Waals surface area contributed by atoms with E-state index in [9.17, 15) is 19.8 Å². The zero-order chi connectivity index (χ0) is 23.7. The standard InChI is InChI=1S/C22H31N3O5SSi/c1-11-15(18(21(28)29)25-17(11)16(12(2)26)19(25)27)14-8-24-10-23-13(20(24)31-14)9-30-32(6,7)22(3,4)5/h8,10-12,16-17,26H,9H2,1-7H3,(H,28,29)/t11-,12+,16+,17+/m0/s1. The van der Waals surface area contributed by atoms with E-state index in [-0.39, 0.29) is 28.6 Å². The number of amides is 1. The minimum Gasteiger partial charge on any atom is -0.477 e. The predicted octanol–water partition coefficient (Wildman–Crippen LogP) is 3.57. The number of aromatic nitrogens is 2. The predicted molar refractivity (Wildman–Crippen MR) is 125 cm³/mol. The van der Waals surface area contributed by atoms with Gasteiger partial charge >= 0.3 is 5.97 Å². The number of hydrogen-bond acceptors (Lipinski definition) is 6. The molecular formula is C22H31N3O5SSi. The van der Waals surface area contributed by atoms with Crippen LogP contribution in [-0.2, 0) is 20.6 Å². The molecule has 4 rings (SSSR count). The van der Waals surface area contributed by atoms with Crippen molar-refractivity contribution >= 4 is 41.9 Å². The number of nitrogens with zero attached hydrogens (tertiary/aromatic N) is 3. The number of imidazole rings is 1. The Labute approximate surface area is 192 Å². The third-order valence-electron chi connectivity index (χ3n) is 7.30. The van der Waals surface area contributed by atoms with E-state index in [1.54, 1.807) is 13.3 Å². The van der Waals surface area contributed by atoms with Crippen molar-refractivity contribution in [3.05, 3.63) is 28.8 Å². The van der Waals surface area contributed by atoms with Gasteiger partial charge in [0.1, 0.15) is 22.5 Å². The molecule has 4 atom stereocenters. The van der Waals surface area contributed by atoms with Crippen LogP contribution in [0, 0.1) is 11.8 Å². The second-order valence-electron chi connectivity index (χ2n) is 10.4. The second-order valence-corrected chi connectivity index (χ2v) is 16.2. The summed E-state index contributed by atoms with van der Waals surface area (Å²) in [4.78, 5) is 32.3. The van der Waals surface area contributed by atoms with Gasteiger partial charge in [-0.3, -0.25) is 9.20 Å². The monoisotopic (exact) mass is 477 g/mol. The number of aliphatic carboxylic acids is 1. The molecule has 1 saturated heterocycles. The molecule has 1 fully saturated rings. The first-order chi connectivity index (χ1) is 14.8. The molecule has 174 valence electrons. The molecule has 4 heterocycles. The highest BCUT2D eigenvalue weighted by Crippen LogP contribution is 2.51. The number of rotatable bonds is 6. The fourth-order valence-electron chi connectivity index (χ4n) is 4.43. The molecule has 8 nitrogen and oxygen atoms in total. The summed E-state index contributed by atoms with van der Waals surface area (Å²) in [6.07, 6.45) is 2.78. The van der Waals surface area contributed by atoms with Crippen molar-refractivity contribution in [1.29, 1.82) is 0 Å². The summed E-state index contributed by atoms with van der Waals surface area (Å²) in [6, 6.07) is -0.329. The molecule has 32 heavy (non-hydrogen) atoms. The van der Waals surface area contributed by atoms with Crippen LogP contribution in [0.15, 0.2) is 18.2 Å². The number of aliphatic hydroxyl groups excluding tert-OH is 1. The summed E-state index contributed by atoms with van der Waals surface area (Å²) < 4.78 is 8.24. The van der Waals surface area contributed by atoms with Gasteiger partial charge in [-0.05, 0) is 25.1 Å². The van der Waals surface area contributed by atoms with Gasteiger partial charge in [-0.15, -0.1) is 11.3 Å². The third-order valence-corrected chi connectivity index (χ3v) is 13.0. The third kappa shape index (κ3) is 3.35. The number of thiazole rings is 1. The van der Waals surface area contributed by atoms with Gasteiger partial charge in [-0.1, -0.05) is 27.7 Å². The number of carbonyl (C=O) groups excluding carboxylic acids is 1. The van der Waals surface area contributed by atoms with Gasteiger partial charge in [-0.2, -0.15) is 0 Å². The summed E-state index contributed by atoms with van der Waals surface area (Å²) >= 11 is 1.47. The summed E-state index contributed by atoms with van der Waals surface area (Å²) in [5.74, 6) is -2.21. The van der Waals surface area contributed by atoms with E-state index in [1.807, 2.05) is 17.5 Å².